The Kier molecular flexibility index (Phi) is 9.01. The summed E-state index contributed by atoms with van der Waals surface area (Å²) in [5.74, 6) is 0. The van der Waals surface area contributed by atoms with Crippen LogP contribution in [0.15, 0.2) is 95.4 Å². The fraction of sp³-hybridized carbons (Fsp3) is 0.400. The van der Waals surface area contributed by atoms with E-state index in [2.05, 4.69) is 192 Å². The second-order valence-electron chi connectivity index (χ2n) is 23.6. The molecule has 0 spiro atoms. The summed E-state index contributed by atoms with van der Waals surface area (Å²) in [5, 5.41) is 6.45. The van der Waals surface area contributed by atoms with Crippen LogP contribution in [0.2, 0.25) is 0 Å². The van der Waals surface area contributed by atoms with Crippen molar-refractivity contribution in [3.63, 3.8) is 0 Å². The minimum absolute atomic E-state index is 0.0474. The van der Waals surface area contributed by atoms with Gasteiger partial charge in [-0.05, 0) is 184 Å². The molecule has 1 aromatic heterocycles. The SMILES string of the molecule is Cc1cc(-c2cc3c(cc2Nc2ccc4c(c2)C(C)(C)CCC4(C)C)C(C)(C)CCC3(C)C)c2c(c1)N(c1cc3c(cc1C)CCCC3(C)C)c1c(ccc3c1oc1ccccc13)[B]2. The van der Waals surface area contributed by atoms with Crippen LogP contribution in [0, 0.1) is 13.8 Å². The van der Waals surface area contributed by atoms with Crippen LogP contribution in [-0.4, -0.2) is 7.28 Å². The fourth-order valence-electron chi connectivity index (χ4n) is 12.5. The Morgan fingerprint density at radius 1 is 0.562 bits per heavy atom. The van der Waals surface area contributed by atoms with Crippen molar-refractivity contribution in [2.24, 2.45) is 0 Å². The molecule has 1 aliphatic heterocycles. The highest BCUT2D eigenvalue weighted by Gasteiger charge is 2.41. The molecule has 0 saturated heterocycles. The van der Waals surface area contributed by atoms with E-state index in [9.17, 15) is 0 Å². The van der Waals surface area contributed by atoms with Gasteiger partial charge in [0.25, 0.3) is 0 Å². The molecule has 6 aromatic carbocycles. The first-order chi connectivity index (χ1) is 30.2. The molecule has 0 saturated carbocycles. The third kappa shape index (κ3) is 6.35. The van der Waals surface area contributed by atoms with Gasteiger partial charge in [-0.1, -0.05) is 123 Å². The van der Waals surface area contributed by atoms with Crippen molar-refractivity contribution in [3.8, 4) is 11.1 Å². The predicted molar refractivity (Wildman–Crippen MR) is 275 cm³/mol. The number of hydrogen-bond donors (Lipinski definition) is 1. The van der Waals surface area contributed by atoms with Crippen molar-refractivity contribution in [2.45, 2.75) is 155 Å². The molecular formula is C60H66BN2O. The zero-order valence-corrected chi connectivity index (χ0v) is 40.5. The number of aryl methyl sites for hydroxylation is 3. The maximum Gasteiger partial charge on any atom is 0.198 e. The average molecular weight is 842 g/mol. The lowest BCUT2D eigenvalue weighted by molar-refractivity contribution is 0.332. The van der Waals surface area contributed by atoms with E-state index in [1.807, 2.05) is 0 Å². The Balaban J connectivity index is 1.18. The van der Waals surface area contributed by atoms with Crippen LogP contribution in [0.25, 0.3) is 33.1 Å². The molecule has 4 heteroatoms. The number of benzene rings is 6. The molecule has 2 heterocycles. The second-order valence-corrected chi connectivity index (χ2v) is 23.6. The topological polar surface area (TPSA) is 28.4 Å². The van der Waals surface area contributed by atoms with Gasteiger partial charge in [0.2, 0.25) is 0 Å². The summed E-state index contributed by atoms with van der Waals surface area (Å²) in [4.78, 5) is 2.58. The van der Waals surface area contributed by atoms with Gasteiger partial charge < -0.3 is 14.6 Å². The van der Waals surface area contributed by atoms with Crippen LogP contribution in [0.3, 0.4) is 0 Å². The molecule has 7 aromatic rings. The summed E-state index contributed by atoms with van der Waals surface area (Å²) in [6, 6.07) is 35.4. The number of furan rings is 1. The van der Waals surface area contributed by atoms with Crippen molar-refractivity contribution in [1.29, 1.82) is 0 Å². The van der Waals surface area contributed by atoms with E-state index in [4.69, 9.17) is 4.42 Å². The summed E-state index contributed by atoms with van der Waals surface area (Å²) in [6.07, 6.45) is 8.29. The lowest BCUT2D eigenvalue weighted by atomic mass is 9.57. The van der Waals surface area contributed by atoms with Crippen molar-refractivity contribution >= 4 is 68.6 Å². The molecule has 0 atom stereocenters. The first-order valence-corrected chi connectivity index (χ1v) is 24.2. The number of nitrogens with zero attached hydrogens (tertiary/aromatic N) is 1. The van der Waals surface area contributed by atoms with E-state index in [1.54, 1.807) is 0 Å². The zero-order chi connectivity index (χ0) is 44.9. The van der Waals surface area contributed by atoms with E-state index < -0.39 is 0 Å². The molecule has 0 unspecified atom stereocenters. The van der Waals surface area contributed by atoms with Crippen LogP contribution >= 0.6 is 0 Å². The van der Waals surface area contributed by atoms with E-state index in [-0.39, 0.29) is 27.1 Å². The van der Waals surface area contributed by atoms with Crippen molar-refractivity contribution < 1.29 is 4.42 Å². The normalized spacial score (nSPS) is 19.5. The Bertz CT molecular complexity index is 3100. The van der Waals surface area contributed by atoms with Crippen LogP contribution in [0.4, 0.5) is 28.4 Å². The van der Waals surface area contributed by atoms with Gasteiger partial charge in [-0.25, -0.2) is 0 Å². The summed E-state index contributed by atoms with van der Waals surface area (Å²) in [7, 11) is 2.46. The zero-order valence-electron chi connectivity index (χ0n) is 40.5. The number of anilines is 5. The molecule has 11 rings (SSSR count). The van der Waals surface area contributed by atoms with Gasteiger partial charge in [0.05, 0.1) is 5.69 Å². The average Bonchev–Trinajstić information content (AvgIpc) is 3.62. The smallest absolute Gasteiger partial charge is 0.198 e. The van der Waals surface area contributed by atoms with Gasteiger partial charge in [0.1, 0.15) is 5.58 Å². The molecule has 64 heavy (non-hydrogen) atoms. The minimum atomic E-state index is 0.0474. The van der Waals surface area contributed by atoms with E-state index in [0.717, 1.165) is 46.2 Å². The largest absolute Gasteiger partial charge is 0.454 e. The van der Waals surface area contributed by atoms with Crippen molar-refractivity contribution in [3.05, 3.63) is 136 Å². The number of fused-ring (bicyclic) bond motifs is 9. The van der Waals surface area contributed by atoms with Crippen molar-refractivity contribution in [2.75, 3.05) is 10.2 Å². The third-order valence-electron chi connectivity index (χ3n) is 16.7. The van der Waals surface area contributed by atoms with Crippen LogP contribution in [0.5, 0.6) is 0 Å². The van der Waals surface area contributed by atoms with Gasteiger partial charge >= 0.3 is 0 Å². The van der Waals surface area contributed by atoms with Gasteiger partial charge in [-0.15, -0.1) is 0 Å². The molecule has 4 aliphatic rings. The number of nitrogens with one attached hydrogen (secondary N) is 1. The first kappa shape index (κ1) is 41.5. The number of para-hydroxylation sites is 1. The molecule has 1 N–H and O–H groups in total. The molecule has 3 nitrogen and oxygen atoms in total. The summed E-state index contributed by atoms with van der Waals surface area (Å²) < 4.78 is 6.94. The molecule has 1 radical (unpaired) electrons. The predicted octanol–water partition coefficient (Wildman–Crippen LogP) is 15.4. The Morgan fingerprint density at radius 3 is 1.95 bits per heavy atom. The first-order valence-electron chi connectivity index (χ1n) is 24.2. The maximum atomic E-state index is 6.94. The summed E-state index contributed by atoms with van der Waals surface area (Å²) >= 11 is 0. The van der Waals surface area contributed by atoms with Gasteiger partial charge in [-0.2, -0.15) is 0 Å². The Morgan fingerprint density at radius 2 is 1.22 bits per heavy atom. The number of hydrogen-bond acceptors (Lipinski definition) is 3. The summed E-state index contributed by atoms with van der Waals surface area (Å²) in [5.41, 5.74) is 24.6. The lowest BCUT2D eigenvalue weighted by Gasteiger charge is -2.43. The van der Waals surface area contributed by atoms with E-state index in [0.29, 0.717) is 0 Å². The second kappa shape index (κ2) is 13.9. The fourth-order valence-corrected chi connectivity index (χ4v) is 12.5. The van der Waals surface area contributed by atoms with E-state index in [1.165, 1.54) is 116 Å². The quantitative estimate of drug-likeness (QED) is 0.179. The molecule has 3 aliphatic carbocycles. The van der Waals surface area contributed by atoms with Crippen LogP contribution in [-0.2, 0) is 33.5 Å². The Labute approximate surface area is 383 Å². The highest BCUT2D eigenvalue weighted by atomic mass is 16.3. The third-order valence-corrected chi connectivity index (χ3v) is 16.7. The highest BCUT2D eigenvalue weighted by Crippen LogP contribution is 2.52. The standard InChI is InChI=1S/C60H66BN2O/c1-35-28-42(41-32-46-47(60(11,12)27-26-59(46,9)10)33-49(41)62-38-19-21-43-45(31-38)58(7,8)25-24-57(43,5)6)53-51(29-35)63(50-34-44-37(30-36(50)2)16-15-23-56(44,3)4)54-48(61-53)22-20-40-39-17-13-14-18-52(39)64-55(40)54/h13-14,17-22,28-34,62H,15-16,23-27H2,1-12H3. The lowest BCUT2D eigenvalue weighted by Crippen LogP contribution is -2.41. The summed E-state index contributed by atoms with van der Waals surface area (Å²) in [6.45, 7) is 29.0. The van der Waals surface area contributed by atoms with E-state index >= 15 is 0 Å². The monoisotopic (exact) mass is 842 g/mol. The number of rotatable bonds is 4. The Hall–Kier alpha value is -5.22. The molecule has 0 amide bonds. The highest BCUT2D eigenvalue weighted by molar-refractivity contribution is 6.73. The maximum absolute atomic E-state index is 6.94. The van der Waals surface area contributed by atoms with Gasteiger partial charge in [0, 0.05) is 39.1 Å². The molecular weight excluding hydrogens is 775 g/mol. The van der Waals surface area contributed by atoms with Crippen LogP contribution in [0.1, 0.15) is 152 Å². The van der Waals surface area contributed by atoms with Crippen LogP contribution < -0.4 is 21.1 Å². The molecule has 325 valence electrons. The molecule has 0 bridgehead atoms. The van der Waals surface area contributed by atoms with Gasteiger partial charge in [-0.3, -0.25) is 0 Å². The molecule has 0 fully saturated rings. The van der Waals surface area contributed by atoms with Gasteiger partial charge in [0.15, 0.2) is 12.9 Å². The van der Waals surface area contributed by atoms with Crippen molar-refractivity contribution in [1.82, 2.24) is 0 Å². The minimum Gasteiger partial charge on any atom is -0.454 e.